The monoisotopic (exact) mass is 233 g/mol. The molecule has 0 bridgehead atoms. The molecule has 0 spiro atoms. The number of pyridine rings is 1. The Bertz CT molecular complexity index is 479. The third kappa shape index (κ3) is 2.65. The maximum Gasteiger partial charge on any atom is 0.0897 e. The first kappa shape index (κ1) is 11.2. The lowest BCUT2D eigenvalue weighted by molar-refractivity contribution is 0.682. The van der Waals surface area contributed by atoms with Gasteiger partial charge in [0, 0.05) is 17.5 Å². The number of nitrogens with two attached hydrogens (primary N) is 1. The molecular weight excluding hydrogens is 218 g/mol. The van der Waals surface area contributed by atoms with Gasteiger partial charge in [-0.05, 0) is 26.0 Å². The molecule has 0 aliphatic carbocycles. The lowest BCUT2D eigenvalue weighted by Crippen LogP contribution is -2.15. The first-order valence-corrected chi connectivity index (χ1v) is 6.13. The van der Waals surface area contributed by atoms with Crippen molar-refractivity contribution >= 4 is 11.3 Å². The van der Waals surface area contributed by atoms with E-state index in [9.17, 15) is 0 Å². The molecular formula is C12H15N3S. The Hall–Kier alpha value is -1.26. The second-order valence-electron chi connectivity index (χ2n) is 3.87. The summed E-state index contributed by atoms with van der Waals surface area (Å²) in [6.07, 6.45) is 0.751. The van der Waals surface area contributed by atoms with Crippen LogP contribution in [0, 0.1) is 13.8 Å². The van der Waals surface area contributed by atoms with E-state index in [4.69, 9.17) is 5.73 Å². The molecule has 84 valence electrons. The molecule has 1 atom stereocenters. The fraction of sp³-hybridized carbons (Fsp3) is 0.333. The summed E-state index contributed by atoms with van der Waals surface area (Å²) in [7, 11) is 0. The highest BCUT2D eigenvalue weighted by molar-refractivity contribution is 7.09. The fourth-order valence-corrected chi connectivity index (χ4v) is 2.23. The van der Waals surface area contributed by atoms with E-state index in [0.717, 1.165) is 28.5 Å². The number of aromatic nitrogens is 2. The summed E-state index contributed by atoms with van der Waals surface area (Å²) in [5, 5.41) is 3.14. The van der Waals surface area contributed by atoms with E-state index in [-0.39, 0.29) is 6.04 Å². The van der Waals surface area contributed by atoms with Crippen molar-refractivity contribution in [3.8, 4) is 0 Å². The number of aryl methyl sites for hydroxylation is 2. The zero-order valence-corrected chi connectivity index (χ0v) is 10.3. The minimum Gasteiger partial charge on any atom is -0.322 e. The van der Waals surface area contributed by atoms with Crippen LogP contribution in [0.4, 0.5) is 0 Å². The fourth-order valence-electron chi connectivity index (χ4n) is 1.60. The highest BCUT2D eigenvalue weighted by Crippen LogP contribution is 2.16. The van der Waals surface area contributed by atoms with E-state index >= 15 is 0 Å². The van der Waals surface area contributed by atoms with E-state index in [0.29, 0.717) is 0 Å². The van der Waals surface area contributed by atoms with Gasteiger partial charge in [0.15, 0.2) is 0 Å². The second-order valence-corrected chi connectivity index (χ2v) is 4.93. The summed E-state index contributed by atoms with van der Waals surface area (Å²) in [5.41, 5.74) is 9.10. The molecule has 0 aliphatic rings. The summed E-state index contributed by atoms with van der Waals surface area (Å²) in [4.78, 5) is 8.84. The van der Waals surface area contributed by atoms with Crippen LogP contribution in [0.15, 0.2) is 23.6 Å². The van der Waals surface area contributed by atoms with Crippen LogP contribution in [0.5, 0.6) is 0 Å². The van der Waals surface area contributed by atoms with Crippen molar-refractivity contribution in [3.63, 3.8) is 0 Å². The predicted molar refractivity (Wildman–Crippen MR) is 66.5 cm³/mol. The number of thiazole rings is 1. The van der Waals surface area contributed by atoms with Crippen molar-refractivity contribution in [2.45, 2.75) is 26.3 Å². The molecule has 2 rings (SSSR count). The van der Waals surface area contributed by atoms with Crippen LogP contribution in [0.25, 0.3) is 0 Å². The van der Waals surface area contributed by atoms with Crippen molar-refractivity contribution in [2.75, 3.05) is 0 Å². The third-order valence-electron chi connectivity index (χ3n) is 2.39. The smallest absolute Gasteiger partial charge is 0.0897 e. The van der Waals surface area contributed by atoms with Gasteiger partial charge in [0.1, 0.15) is 0 Å². The van der Waals surface area contributed by atoms with Gasteiger partial charge in [-0.3, -0.25) is 4.98 Å². The largest absolute Gasteiger partial charge is 0.322 e. The van der Waals surface area contributed by atoms with E-state index in [1.165, 1.54) is 0 Å². The van der Waals surface area contributed by atoms with E-state index in [2.05, 4.69) is 15.3 Å². The molecule has 4 heteroatoms. The Morgan fingerprint density at radius 1 is 1.31 bits per heavy atom. The minimum absolute atomic E-state index is 0.0681. The zero-order chi connectivity index (χ0) is 11.5. The van der Waals surface area contributed by atoms with Gasteiger partial charge in [-0.25, -0.2) is 4.98 Å². The number of hydrogen-bond acceptors (Lipinski definition) is 4. The number of rotatable bonds is 3. The average Bonchev–Trinajstić information content (AvgIpc) is 2.64. The van der Waals surface area contributed by atoms with Gasteiger partial charge in [0.05, 0.1) is 22.4 Å². The molecule has 0 saturated heterocycles. The van der Waals surface area contributed by atoms with Gasteiger partial charge in [-0.2, -0.15) is 0 Å². The first-order valence-electron chi connectivity index (χ1n) is 5.25. The van der Waals surface area contributed by atoms with Crippen LogP contribution < -0.4 is 5.73 Å². The predicted octanol–water partition coefficient (Wildman–Crippen LogP) is 2.40. The molecule has 0 aliphatic heterocycles. The van der Waals surface area contributed by atoms with Crippen molar-refractivity contribution in [1.29, 1.82) is 0 Å². The molecule has 0 fully saturated rings. The summed E-state index contributed by atoms with van der Waals surface area (Å²) in [6, 6.07) is 5.87. The quantitative estimate of drug-likeness (QED) is 0.885. The molecule has 16 heavy (non-hydrogen) atoms. The molecule has 0 radical (unpaired) electrons. The zero-order valence-electron chi connectivity index (χ0n) is 9.47. The topological polar surface area (TPSA) is 51.8 Å². The molecule has 0 saturated carbocycles. The van der Waals surface area contributed by atoms with Crippen molar-refractivity contribution in [3.05, 3.63) is 45.7 Å². The average molecular weight is 233 g/mol. The molecule has 1 unspecified atom stereocenters. The number of nitrogens with zero attached hydrogens (tertiary/aromatic N) is 2. The van der Waals surface area contributed by atoms with Crippen LogP contribution in [-0.2, 0) is 6.42 Å². The maximum absolute atomic E-state index is 6.11. The van der Waals surface area contributed by atoms with E-state index in [1.807, 2.05) is 32.0 Å². The Balaban J connectivity index is 2.11. The molecule has 3 nitrogen and oxygen atoms in total. The van der Waals surface area contributed by atoms with Gasteiger partial charge in [-0.15, -0.1) is 11.3 Å². The summed E-state index contributed by atoms with van der Waals surface area (Å²) >= 11 is 1.66. The lowest BCUT2D eigenvalue weighted by atomic mass is 10.1. The van der Waals surface area contributed by atoms with Crippen LogP contribution in [0.1, 0.15) is 28.1 Å². The van der Waals surface area contributed by atoms with Gasteiger partial charge in [-0.1, -0.05) is 6.07 Å². The summed E-state index contributed by atoms with van der Waals surface area (Å²) in [6.45, 7) is 3.98. The lowest BCUT2D eigenvalue weighted by Gasteiger charge is -2.09. The second kappa shape index (κ2) is 4.72. The Morgan fingerprint density at radius 3 is 2.75 bits per heavy atom. The first-order chi connectivity index (χ1) is 7.65. The molecule has 2 aromatic heterocycles. The molecule has 0 amide bonds. The van der Waals surface area contributed by atoms with Crippen molar-refractivity contribution in [1.82, 2.24) is 9.97 Å². The van der Waals surface area contributed by atoms with E-state index < -0.39 is 0 Å². The van der Waals surface area contributed by atoms with E-state index in [1.54, 1.807) is 11.3 Å². The summed E-state index contributed by atoms with van der Waals surface area (Å²) in [5.74, 6) is 0. The molecule has 2 aromatic rings. The van der Waals surface area contributed by atoms with Gasteiger partial charge >= 0.3 is 0 Å². The third-order valence-corrected chi connectivity index (χ3v) is 3.21. The molecule has 2 N–H and O–H groups in total. The van der Waals surface area contributed by atoms with Crippen molar-refractivity contribution in [2.24, 2.45) is 5.73 Å². The Labute approximate surface area is 99.4 Å². The number of hydrogen-bond donors (Lipinski definition) is 1. The van der Waals surface area contributed by atoms with Crippen molar-refractivity contribution < 1.29 is 0 Å². The summed E-state index contributed by atoms with van der Waals surface area (Å²) < 4.78 is 0. The van der Waals surface area contributed by atoms with Gasteiger partial charge in [0.25, 0.3) is 0 Å². The molecule has 2 heterocycles. The van der Waals surface area contributed by atoms with Gasteiger partial charge in [0.2, 0.25) is 0 Å². The van der Waals surface area contributed by atoms with Crippen LogP contribution >= 0.6 is 11.3 Å². The SMILES string of the molecule is Cc1cccc(C(N)Cc2csc(C)n2)n1. The van der Waals surface area contributed by atoms with Gasteiger partial charge < -0.3 is 5.73 Å². The van der Waals surface area contributed by atoms with Crippen LogP contribution in [0.2, 0.25) is 0 Å². The highest BCUT2D eigenvalue weighted by atomic mass is 32.1. The minimum atomic E-state index is -0.0681. The molecule has 0 aromatic carbocycles. The standard InChI is InChI=1S/C12H15N3S/c1-8-4-3-5-12(14-8)11(13)6-10-7-16-9(2)15-10/h3-5,7,11H,6,13H2,1-2H3. The Kier molecular flexibility index (Phi) is 3.31. The van der Waals surface area contributed by atoms with Crippen LogP contribution in [-0.4, -0.2) is 9.97 Å². The normalized spacial score (nSPS) is 12.7. The maximum atomic E-state index is 6.11. The van der Waals surface area contributed by atoms with Crippen LogP contribution in [0.3, 0.4) is 0 Å². The Morgan fingerprint density at radius 2 is 2.12 bits per heavy atom. The highest BCUT2D eigenvalue weighted by Gasteiger charge is 2.10.